The predicted octanol–water partition coefficient (Wildman–Crippen LogP) is 2.26. The molecule has 2 N–H and O–H groups in total. The van der Waals surface area contributed by atoms with E-state index in [1.807, 2.05) is 4.72 Å². The fourth-order valence-electron chi connectivity index (χ4n) is 1.70. The van der Waals surface area contributed by atoms with E-state index in [-0.39, 0.29) is 15.7 Å². The summed E-state index contributed by atoms with van der Waals surface area (Å²) < 4.78 is 25.9. The second-order valence-electron chi connectivity index (χ2n) is 4.39. The van der Waals surface area contributed by atoms with E-state index < -0.39 is 16.1 Å². The lowest BCUT2D eigenvalue weighted by molar-refractivity contribution is 0.256. The highest BCUT2D eigenvalue weighted by molar-refractivity contribution is 7.90. The molecule has 0 aliphatic heterocycles. The van der Waals surface area contributed by atoms with Crippen LogP contribution in [0.3, 0.4) is 0 Å². The van der Waals surface area contributed by atoms with Crippen molar-refractivity contribution < 1.29 is 13.2 Å². The highest BCUT2D eigenvalue weighted by atomic mass is 35.5. The van der Waals surface area contributed by atoms with Gasteiger partial charge in [-0.3, -0.25) is 5.32 Å². The number of urea groups is 1. The number of halogens is 1. The maximum atomic E-state index is 12.0. The summed E-state index contributed by atoms with van der Waals surface area (Å²) in [4.78, 5) is 19.8. The smallest absolute Gasteiger partial charge is 0.290 e. The molecular weight excluding hydrogens is 328 g/mol. The van der Waals surface area contributed by atoms with Crippen LogP contribution in [0.2, 0.25) is 5.02 Å². The van der Waals surface area contributed by atoms with Crippen molar-refractivity contribution in [2.75, 3.05) is 5.32 Å². The molecule has 0 aliphatic rings. The molecule has 2 amide bonds. The van der Waals surface area contributed by atoms with Crippen LogP contribution >= 0.6 is 11.6 Å². The van der Waals surface area contributed by atoms with Gasteiger partial charge < -0.3 is 0 Å². The summed E-state index contributed by atoms with van der Waals surface area (Å²) in [7, 11) is -3.96. The first-order valence-corrected chi connectivity index (χ1v) is 8.05. The Morgan fingerprint density at radius 2 is 1.77 bits per heavy atom. The summed E-state index contributed by atoms with van der Waals surface area (Å²) in [6.45, 7) is 3.29. The Bertz CT molecular complexity index is 810. The van der Waals surface area contributed by atoms with Gasteiger partial charge in [0.15, 0.2) is 5.82 Å². The number of nitrogens with one attached hydrogen (secondary N) is 2. The average Bonchev–Trinajstić information content (AvgIpc) is 2.44. The summed E-state index contributed by atoms with van der Waals surface area (Å²) in [5.74, 6) is 0.454. The summed E-state index contributed by atoms with van der Waals surface area (Å²) in [6, 6.07) is 6.58. The minimum absolute atomic E-state index is 0.0219. The standard InChI is InChI=1S/C13H13ClN4O3S/c1-8-11(14)12(16-9(2)15-8)17-13(19)18-22(20,21)10-6-4-3-5-7-10/h3-7H,1-2H3,(H2,15,16,17,18,19). The van der Waals surface area contributed by atoms with E-state index >= 15 is 0 Å². The lowest BCUT2D eigenvalue weighted by atomic mass is 10.4. The van der Waals surface area contributed by atoms with Gasteiger partial charge in [-0.1, -0.05) is 29.8 Å². The number of hydrogen-bond donors (Lipinski definition) is 2. The first kappa shape index (κ1) is 16.2. The molecule has 0 saturated heterocycles. The molecule has 2 aromatic rings. The monoisotopic (exact) mass is 340 g/mol. The molecule has 2 rings (SSSR count). The molecule has 7 nitrogen and oxygen atoms in total. The molecule has 22 heavy (non-hydrogen) atoms. The normalized spacial score (nSPS) is 11.0. The number of carbonyl (C=O) groups is 1. The fraction of sp³-hybridized carbons (Fsp3) is 0.154. The van der Waals surface area contributed by atoms with Crippen LogP contribution in [0.1, 0.15) is 11.5 Å². The van der Waals surface area contributed by atoms with Gasteiger partial charge >= 0.3 is 6.03 Å². The van der Waals surface area contributed by atoms with Gasteiger partial charge in [-0.05, 0) is 26.0 Å². The number of amides is 2. The van der Waals surface area contributed by atoms with E-state index in [0.717, 1.165) is 0 Å². The third kappa shape index (κ3) is 3.71. The minimum atomic E-state index is -3.96. The molecular formula is C13H13ClN4O3S. The van der Waals surface area contributed by atoms with Gasteiger partial charge in [0.1, 0.15) is 10.8 Å². The molecule has 0 bridgehead atoms. The van der Waals surface area contributed by atoms with Crippen molar-refractivity contribution in [1.82, 2.24) is 14.7 Å². The van der Waals surface area contributed by atoms with Crippen molar-refractivity contribution >= 4 is 33.5 Å². The van der Waals surface area contributed by atoms with Gasteiger partial charge in [0.2, 0.25) is 0 Å². The van der Waals surface area contributed by atoms with Crippen LogP contribution in [-0.4, -0.2) is 24.4 Å². The number of aromatic nitrogens is 2. The number of nitrogens with zero attached hydrogens (tertiary/aromatic N) is 2. The zero-order valence-corrected chi connectivity index (χ0v) is 13.4. The number of carbonyl (C=O) groups excluding carboxylic acids is 1. The largest absolute Gasteiger partial charge is 0.334 e. The Kier molecular flexibility index (Phi) is 4.62. The van der Waals surface area contributed by atoms with Gasteiger partial charge in [-0.2, -0.15) is 0 Å². The third-order valence-corrected chi connectivity index (χ3v) is 4.44. The average molecular weight is 341 g/mol. The second-order valence-corrected chi connectivity index (χ2v) is 6.45. The van der Waals surface area contributed by atoms with E-state index in [4.69, 9.17) is 11.6 Å². The van der Waals surface area contributed by atoms with Crippen LogP contribution in [0.25, 0.3) is 0 Å². The highest BCUT2D eigenvalue weighted by Gasteiger charge is 2.19. The first-order valence-electron chi connectivity index (χ1n) is 6.19. The van der Waals surface area contributed by atoms with Crippen LogP contribution in [0.15, 0.2) is 35.2 Å². The number of anilines is 1. The van der Waals surface area contributed by atoms with E-state index in [9.17, 15) is 13.2 Å². The number of rotatable bonds is 3. The zero-order valence-electron chi connectivity index (χ0n) is 11.8. The third-order valence-electron chi connectivity index (χ3n) is 2.64. The molecule has 0 radical (unpaired) electrons. The van der Waals surface area contributed by atoms with E-state index in [0.29, 0.717) is 11.5 Å². The molecule has 0 atom stereocenters. The molecule has 0 unspecified atom stereocenters. The lowest BCUT2D eigenvalue weighted by Gasteiger charge is -2.10. The molecule has 1 heterocycles. The fourth-order valence-corrected chi connectivity index (χ4v) is 2.76. The second kappa shape index (κ2) is 6.29. The van der Waals surface area contributed by atoms with Crippen molar-refractivity contribution in [3.63, 3.8) is 0 Å². The topological polar surface area (TPSA) is 101 Å². The molecule has 1 aromatic heterocycles. The molecule has 0 spiro atoms. The van der Waals surface area contributed by atoms with Gasteiger partial charge in [-0.25, -0.2) is 27.9 Å². The zero-order chi connectivity index (χ0) is 16.3. The van der Waals surface area contributed by atoms with Crippen LogP contribution in [0, 0.1) is 13.8 Å². The summed E-state index contributed by atoms with van der Waals surface area (Å²) in [5, 5.41) is 2.46. The van der Waals surface area contributed by atoms with Gasteiger partial charge in [0, 0.05) is 0 Å². The van der Waals surface area contributed by atoms with Crippen molar-refractivity contribution in [3.05, 3.63) is 46.9 Å². The van der Waals surface area contributed by atoms with Crippen LogP contribution in [0.4, 0.5) is 10.6 Å². The van der Waals surface area contributed by atoms with Gasteiger partial charge in [0.05, 0.1) is 10.6 Å². The quantitative estimate of drug-likeness (QED) is 0.892. The molecule has 1 aromatic carbocycles. The van der Waals surface area contributed by atoms with E-state index in [1.165, 1.54) is 12.1 Å². The molecule has 0 fully saturated rings. The minimum Gasteiger partial charge on any atom is -0.290 e. The summed E-state index contributed by atoms with van der Waals surface area (Å²) in [6.07, 6.45) is 0. The van der Waals surface area contributed by atoms with Crippen molar-refractivity contribution in [2.45, 2.75) is 18.7 Å². The Balaban J connectivity index is 2.18. The van der Waals surface area contributed by atoms with Crippen molar-refractivity contribution in [1.29, 1.82) is 0 Å². The maximum Gasteiger partial charge on any atom is 0.334 e. The SMILES string of the molecule is Cc1nc(C)c(Cl)c(NC(=O)NS(=O)(=O)c2ccccc2)n1. The maximum absolute atomic E-state index is 12.0. The van der Waals surface area contributed by atoms with E-state index in [2.05, 4.69) is 15.3 Å². The highest BCUT2D eigenvalue weighted by Crippen LogP contribution is 2.22. The number of benzene rings is 1. The lowest BCUT2D eigenvalue weighted by Crippen LogP contribution is -2.34. The molecule has 0 aliphatic carbocycles. The van der Waals surface area contributed by atoms with Gasteiger partial charge in [-0.15, -0.1) is 0 Å². The van der Waals surface area contributed by atoms with Crippen molar-refractivity contribution in [2.24, 2.45) is 0 Å². The predicted molar refractivity (Wildman–Crippen MR) is 82.3 cm³/mol. The summed E-state index contributed by atoms with van der Waals surface area (Å²) >= 11 is 5.98. The molecule has 9 heteroatoms. The Hall–Kier alpha value is -2.19. The van der Waals surface area contributed by atoms with Crippen molar-refractivity contribution in [3.8, 4) is 0 Å². The number of hydrogen-bond acceptors (Lipinski definition) is 5. The Morgan fingerprint density at radius 3 is 2.41 bits per heavy atom. The first-order chi connectivity index (χ1) is 10.3. The van der Waals surface area contributed by atoms with Gasteiger partial charge in [0.25, 0.3) is 10.0 Å². The molecule has 116 valence electrons. The number of aryl methyl sites for hydroxylation is 2. The van der Waals surface area contributed by atoms with Crippen LogP contribution in [-0.2, 0) is 10.0 Å². The molecule has 0 saturated carbocycles. The Morgan fingerprint density at radius 1 is 1.14 bits per heavy atom. The van der Waals surface area contributed by atoms with Crippen LogP contribution in [0.5, 0.6) is 0 Å². The van der Waals surface area contributed by atoms with E-state index in [1.54, 1.807) is 32.0 Å². The number of sulfonamides is 1. The summed E-state index contributed by atoms with van der Waals surface area (Å²) in [5.41, 5.74) is 0.482. The Labute approximate surface area is 132 Å². The van der Waals surface area contributed by atoms with Crippen LogP contribution < -0.4 is 10.0 Å².